The second-order valence-corrected chi connectivity index (χ2v) is 9.30. The minimum Gasteiger partial charge on any atom is -0.461 e. The molecule has 1 aliphatic heterocycles. The number of nitrogens with one attached hydrogen (secondary N) is 2. The van der Waals surface area contributed by atoms with Crippen molar-refractivity contribution >= 4 is 39.2 Å². The summed E-state index contributed by atoms with van der Waals surface area (Å²) in [5.74, 6) is -1.27. The Morgan fingerprint density at radius 1 is 1.12 bits per heavy atom. The van der Waals surface area contributed by atoms with Crippen LogP contribution in [0.5, 0.6) is 0 Å². The van der Waals surface area contributed by atoms with Crippen LogP contribution in [0, 0.1) is 0 Å². The first kappa shape index (κ1) is 23.5. The third kappa shape index (κ3) is 5.00. The zero-order chi connectivity index (χ0) is 23.5. The summed E-state index contributed by atoms with van der Waals surface area (Å²) in [5, 5.41) is 5.37. The van der Waals surface area contributed by atoms with Crippen LogP contribution in [0.15, 0.2) is 41.4 Å². The van der Waals surface area contributed by atoms with Gasteiger partial charge in [-0.3, -0.25) is 9.59 Å². The second-order valence-electron chi connectivity index (χ2n) is 7.41. The van der Waals surface area contributed by atoms with Crippen LogP contribution in [-0.4, -0.2) is 54.3 Å². The van der Waals surface area contributed by atoms with Crippen LogP contribution >= 0.6 is 0 Å². The van der Waals surface area contributed by atoms with Gasteiger partial charge in [-0.05, 0) is 50.1 Å². The van der Waals surface area contributed by atoms with E-state index < -0.39 is 27.9 Å². The minimum absolute atomic E-state index is 0.0672. The number of esters is 1. The number of anilines is 2. The standard InChI is InChI=1S/C21H26N4O6S/c1-4-31-21(28)19-12-17(13-24(19)3)32(29,30)25-11-5-6-18(25)20(27)23-16-9-7-15(8-10-16)22-14(2)26/h7-10,12-13,18H,4-6,11H2,1-3H3,(H,22,26)(H,23,27). The average molecular weight is 463 g/mol. The second kappa shape index (κ2) is 9.53. The molecule has 3 rings (SSSR count). The summed E-state index contributed by atoms with van der Waals surface area (Å²) in [6.45, 7) is 3.43. The monoisotopic (exact) mass is 462 g/mol. The van der Waals surface area contributed by atoms with Gasteiger partial charge in [0.05, 0.1) is 6.61 Å². The highest BCUT2D eigenvalue weighted by Crippen LogP contribution is 2.28. The van der Waals surface area contributed by atoms with Gasteiger partial charge in [0.15, 0.2) is 0 Å². The van der Waals surface area contributed by atoms with E-state index >= 15 is 0 Å². The topological polar surface area (TPSA) is 127 Å². The molecule has 0 aliphatic carbocycles. The first-order chi connectivity index (χ1) is 15.1. The van der Waals surface area contributed by atoms with Crippen molar-refractivity contribution in [3.8, 4) is 0 Å². The van der Waals surface area contributed by atoms with Crippen molar-refractivity contribution in [3.05, 3.63) is 42.2 Å². The number of carbonyl (C=O) groups is 3. The van der Waals surface area contributed by atoms with Crippen molar-refractivity contribution in [3.63, 3.8) is 0 Å². The fourth-order valence-corrected chi connectivity index (χ4v) is 5.30. The van der Waals surface area contributed by atoms with Crippen molar-refractivity contribution in [2.24, 2.45) is 7.05 Å². The lowest BCUT2D eigenvalue weighted by atomic mass is 10.2. The number of hydrogen-bond acceptors (Lipinski definition) is 6. The third-order valence-corrected chi connectivity index (χ3v) is 6.92. The number of carbonyl (C=O) groups excluding carboxylic acids is 3. The highest BCUT2D eigenvalue weighted by Gasteiger charge is 2.40. The third-order valence-electron chi connectivity index (χ3n) is 5.05. The van der Waals surface area contributed by atoms with E-state index in [4.69, 9.17) is 4.74 Å². The minimum atomic E-state index is -4.00. The van der Waals surface area contributed by atoms with Crippen LogP contribution in [0.4, 0.5) is 11.4 Å². The highest BCUT2D eigenvalue weighted by molar-refractivity contribution is 7.89. The fourth-order valence-electron chi connectivity index (χ4n) is 3.57. The van der Waals surface area contributed by atoms with Crippen LogP contribution in [0.25, 0.3) is 0 Å². The van der Waals surface area contributed by atoms with Crippen molar-refractivity contribution in [2.45, 2.75) is 37.6 Å². The van der Waals surface area contributed by atoms with Gasteiger partial charge in [0, 0.05) is 38.1 Å². The molecule has 0 radical (unpaired) electrons. The lowest BCUT2D eigenvalue weighted by molar-refractivity contribution is -0.119. The van der Waals surface area contributed by atoms with Crippen LogP contribution in [0.1, 0.15) is 37.2 Å². The van der Waals surface area contributed by atoms with E-state index in [2.05, 4.69) is 10.6 Å². The first-order valence-corrected chi connectivity index (χ1v) is 11.6. The Morgan fingerprint density at radius 3 is 2.34 bits per heavy atom. The van der Waals surface area contributed by atoms with Crippen LogP contribution in [-0.2, 0) is 31.4 Å². The van der Waals surface area contributed by atoms with E-state index in [0.29, 0.717) is 24.2 Å². The predicted molar refractivity (Wildman–Crippen MR) is 118 cm³/mol. The number of ether oxygens (including phenoxy) is 1. The molecule has 2 heterocycles. The molecule has 1 atom stereocenters. The summed E-state index contributed by atoms with van der Waals surface area (Å²) < 4.78 is 34.0. The van der Waals surface area contributed by atoms with Crippen molar-refractivity contribution in [1.82, 2.24) is 8.87 Å². The molecule has 1 aliphatic rings. The average Bonchev–Trinajstić information content (AvgIpc) is 3.37. The normalized spacial score (nSPS) is 16.5. The van der Waals surface area contributed by atoms with E-state index in [1.807, 2.05) is 0 Å². The number of sulfonamides is 1. The maximum Gasteiger partial charge on any atom is 0.354 e. The smallest absolute Gasteiger partial charge is 0.354 e. The van der Waals surface area contributed by atoms with E-state index in [-0.39, 0.29) is 29.6 Å². The molecule has 0 spiro atoms. The Balaban J connectivity index is 1.77. The molecular formula is C21H26N4O6S. The van der Waals surface area contributed by atoms with Crippen LogP contribution in [0.2, 0.25) is 0 Å². The number of amides is 2. The molecule has 1 aromatic heterocycles. The molecule has 1 aromatic carbocycles. The van der Waals surface area contributed by atoms with Gasteiger partial charge in [-0.1, -0.05) is 0 Å². The zero-order valence-electron chi connectivity index (χ0n) is 18.1. The van der Waals surface area contributed by atoms with Gasteiger partial charge in [0.25, 0.3) is 0 Å². The maximum absolute atomic E-state index is 13.2. The number of aromatic nitrogens is 1. The Labute approximate surface area is 186 Å². The molecule has 2 amide bonds. The van der Waals surface area contributed by atoms with Gasteiger partial charge in [0.1, 0.15) is 16.6 Å². The molecule has 0 saturated carbocycles. The molecule has 172 valence electrons. The lowest BCUT2D eigenvalue weighted by Crippen LogP contribution is -2.43. The molecule has 1 saturated heterocycles. The summed E-state index contributed by atoms with van der Waals surface area (Å²) >= 11 is 0. The molecule has 11 heteroatoms. The molecule has 0 bridgehead atoms. The number of hydrogen-bond donors (Lipinski definition) is 2. The van der Waals surface area contributed by atoms with Crippen molar-refractivity contribution < 1.29 is 27.5 Å². The lowest BCUT2D eigenvalue weighted by Gasteiger charge is -2.23. The van der Waals surface area contributed by atoms with Gasteiger partial charge >= 0.3 is 5.97 Å². The number of rotatable bonds is 7. The summed E-state index contributed by atoms with van der Waals surface area (Å²) in [6.07, 6.45) is 2.26. The molecule has 2 aromatic rings. The van der Waals surface area contributed by atoms with E-state index in [1.165, 1.54) is 23.8 Å². The van der Waals surface area contributed by atoms with Gasteiger partial charge < -0.3 is 19.9 Å². The van der Waals surface area contributed by atoms with Crippen LogP contribution < -0.4 is 10.6 Å². The van der Waals surface area contributed by atoms with E-state index in [0.717, 1.165) is 4.31 Å². The Hall–Kier alpha value is -3.18. The van der Waals surface area contributed by atoms with Gasteiger partial charge in [-0.25, -0.2) is 13.2 Å². The number of aryl methyl sites for hydroxylation is 1. The molecule has 32 heavy (non-hydrogen) atoms. The molecular weight excluding hydrogens is 436 g/mol. The quantitative estimate of drug-likeness (QED) is 0.606. The SMILES string of the molecule is CCOC(=O)c1cc(S(=O)(=O)N2CCCC2C(=O)Nc2ccc(NC(C)=O)cc2)cn1C. The van der Waals surface area contributed by atoms with E-state index in [1.54, 1.807) is 38.2 Å². The molecule has 1 unspecified atom stereocenters. The Kier molecular flexibility index (Phi) is 6.99. The summed E-state index contributed by atoms with van der Waals surface area (Å²) in [7, 11) is -2.44. The summed E-state index contributed by atoms with van der Waals surface area (Å²) in [5.41, 5.74) is 1.18. The Bertz CT molecular complexity index is 1120. The predicted octanol–water partition coefficient (Wildman–Crippen LogP) is 1.95. The zero-order valence-corrected chi connectivity index (χ0v) is 18.9. The van der Waals surface area contributed by atoms with E-state index in [9.17, 15) is 22.8 Å². The summed E-state index contributed by atoms with van der Waals surface area (Å²) in [4.78, 5) is 36.0. The molecule has 2 N–H and O–H groups in total. The van der Waals surface area contributed by atoms with Crippen molar-refractivity contribution in [1.29, 1.82) is 0 Å². The summed E-state index contributed by atoms with van der Waals surface area (Å²) in [6, 6.07) is 6.92. The highest BCUT2D eigenvalue weighted by atomic mass is 32.2. The number of nitrogens with zero attached hydrogens (tertiary/aromatic N) is 2. The maximum atomic E-state index is 13.2. The van der Waals surface area contributed by atoms with Gasteiger partial charge in [-0.2, -0.15) is 4.31 Å². The molecule has 10 nitrogen and oxygen atoms in total. The van der Waals surface area contributed by atoms with Gasteiger partial charge in [0.2, 0.25) is 21.8 Å². The van der Waals surface area contributed by atoms with Crippen molar-refractivity contribution in [2.75, 3.05) is 23.8 Å². The van der Waals surface area contributed by atoms with Crippen LogP contribution in [0.3, 0.4) is 0 Å². The first-order valence-electron chi connectivity index (χ1n) is 10.2. The fraction of sp³-hybridized carbons (Fsp3) is 0.381. The molecule has 1 fully saturated rings. The number of benzene rings is 1. The Morgan fingerprint density at radius 2 is 1.75 bits per heavy atom. The van der Waals surface area contributed by atoms with Gasteiger partial charge in [-0.15, -0.1) is 0 Å². The largest absolute Gasteiger partial charge is 0.461 e.